The van der Waals surface area contributed by atoms with Gasteiger partial charge >= 0.3 is 0 Å². The Bertz CT molecular complexity index is 1030. The van der Waals surface area contributed by atoms with Crippen molar-refractivity contribution in [3.05, 3.63) is 89.1 Å². The number of hydrogen-bond donors (Lipinski definition) is 1. The van der Waals surface area contributed by atoms with Crippen LogP contribution < -0.4 is 10.2 Å². The first kappa shape index (κ1) is 20.9. The predicted molar refractivity (Wildman–Crippen MR) is 123 cm³/mol. The van der Waals surface area contributed by atoms with Gasteiger partial charge in [0.05, 0.1) is 18.3 Å². The van der Waals surface area contributed by atoms with Gasteiger partial charge < -0.3 is 15.1 Å². The minimum atomic E-state index is -0.211. The van der Waals surface area contributed by atoms with Gasteiger partial charge in [0.1, 0.15) is 5.82 Å². The number of carbonyl (C=O) groups excluding carboxylic acids is 2. The summed E-state index contributed by atoms with van der Waals surface area (Å²) in [5.41, 5.74) is 2.19. The fourth-order valence-corrected chi connectivity index (χ4v) is 3.64. The van der Waals surface area contributed by atoms with Crippen LogP contribution in [0.15, 0.2) is 72.9 Å². The maximum absolute atomic E-state index is 12.5. The van der Waals surface area contributed by atoms with Gasteiger partial charge in [0.15, 0.2) is 0 Å². The van der Waals surface area contributed by atoms with Crippen LogP contribution in [0.5, 0.6) is 0 Å². The van der Waals surface area contributed by atoms with Crippen molar-refractivity contribution in [3.63, 3.8) is 0 Å². The van der Waals surface area contributed by atoms with Crippen molar-refractivity contribution in [1.29, 1.82) is 0 Å². The Balaban J connectivity index is 1.29. The number of hydrogen-bond acceptors (Lipinski definition) is 4. The standard InChI is InChI=1S/C24H23ClN4O2/c25-20-8-6-19(7-9-20)24(31)27-21-10-11-22(26-17-21)28-12-14-29(15-13-28)23(30)16-18-4-2-1-3-5-18/h1-11,17H,12-16H2,(H,27,31). The molecule has 1 aromatic heterocycles. The summed E-state index contributed by atoms with van der Waals surface area (Å²) in [5.74, 6) is 0.774. The van der Waals surface area contributed by atoms with E-state index < -0.39 is 0 Å². The van der Waals surface area contributed by atoms with Crippen LogP contribution in [0.1, 0.15) is 15.9 Å². The Kier molecular flexibility index (Phi) is 6.48. The first-order chi connectivity index (χ1) is 15.1. The highest BCUT2D eigenvalue weighted by atomic mass is 35.5. The maximum atomic E-state index is 12.5. The van der Waals surface area contributed by atoms with E-state index in [0.717, 1.165) is 24.5 Å². The molecule has 6 nitrogen and oxygen atoms in total. The molecular weight excluding hydrogens is 412 g/mol. The summed E-state index contributed by atoms with van der Waals surface area (Å²) >= 11 is 5.86. The summed E-state index contributed by atoms with van der Waals surface area (Å²) in [4.78, 5) is 33.4. The molecule has 3 aromatic rings. The van der Waals surface area contributed by atoms with Crippen LogP contribution in [0.25, 0.3) is 0 Å². The van der Waals surface area contributed by atoms with Gasteiger partial charge in [-0.05, 0) is 42.0 Å². The Morgan fingerprint density at radius 2 is 1.61 bits per heavy atom. The second-order valence-corrected chi connectivity index (χ2v) is 7.83. The third kappa shape index (κ3) is 5.41. The van der Waals surface area contributed by atoms with E-state index in [0.29, 0.717) is 35.8 Å². The molecule has 0 saturated carbocycles. The molecule has 2 aromatic carbocycles. The Hall–Kier alpha value is -3.38. The van der Waals surface area contributed by atoms with E-state index in [9.17, 15) is 9.59 Å². The molecule has 1 aliphatic heterocycles. The molecule has 1 N–H and O–H groups in total. The van der Waals surface area contributed by atoms with Gasteiger partial charge in [-0.25, -0.2) is 4.98 Å². The largest absolute Gasteiger partial charge is 0.353 e. The van der Waals surface area contributed by atoms with Gasteiger partial charge in [0.25, 0.3) is 5.91 Å². The van der Waals surface area contributed by atoms with Crippen LogP contribution in [0.2, 0.25) is 5.02 Å². The number of benzene rings is 2. The normalized spacial score (nSPS) is 13.7. The van der Waals surface area contributed by atoms with Crippen molar-refractivity contribution in [2.45, 2.75) is 6.42 Å². The second kappa shape index (κ2) is 9.62. The molecule has 1 fully saturated rings. The van der Waals surface area contributed by atoms with Crippen molar-refractivity contribution >= 4 is 34.9 Å². The number of nitrogens with one attached hydrogen (secondary N) is 1. The zero-order valence-electron chi connectivity index (χ0n) is 17.0. The molecule has 0 radical (unpaired) electrons. The summed E-state index contributed by atoms with van der Waals surface area (Å²) in [5, 5.41) is 3.42. The van der Waals surface area contributed by atoms with Crippen LogP contribution in [-0.2, 0) is 11.2 Å². The number of aromatic nitrogens is 1. The monoisotopic (exact) mass is 434 g/mol. The SMILES string of the molecule is O=C(Nc1ccc(N2CCN(C(=O)Cc3ccccc3)CC2)nc1)c1ccc(Cl)cc1. The number of amides is 2. The third-order valence-electron chi connectivity index (χ3n) is 5.27. The van der Waals surface area contributed by atoms with Crippen LogP contribution >= 0.6 is 11.6 Å². The molecule has 2 heterocycles. The average Bonchev–Trinajstić information content (AvgIpc) is 2.81. The quantitative estimate of drug-likeness (QED) is 0.661. The second-order valence-electron chi connectivity index (χ2n) is 7.40. The molecule has 4 rings (SSSR count). The smallest absolute Gasteiger partial charge is 0.255 e. The van der Waals surface area contributed by atoms with Gasteiger partial charge in [0, 0.05) is 36.8 Å². The van der Waals surface area contributed by atoms with Gasteiger partial charge in [-0.15, -0.1) is 0 Å². The first-order valence-electron chi connectivity index (χ1n) is 10.2. The van der Waals surface area contributed by atoms with Crippen molar-refractivity contribution in [2.75, 3.05) is 36.4 Å². The van der Waals surface area contributed by atoms with E-state index in [1.54, 1.807) is 30.5 Å². The minimum absolute atomic E-state index is 0.152. The highest BCUT2D eigenvalue weighted by Crippen LogP contribution is 2.18. The van der Waals surface area contributed by atoms with Crippen LogP contribution in [0.4, 0.5) is 11.5 Å². The highest BCUT2D eigenvalue weighted by Gasteiger charge is 2.22. The lowest BCUT2D eigenvalue weighted by molar-refractivity contribution is -0.130. The zero-order valence-corrected chi connectivity index (χ0v) is 17.8. The lowest BCUT2D eigenvalue weighted by Gasteiger charge is -2.35. The predicted octanol–water partition coefficient (Wildman–Crippen LogP) is 3.88. The maximum Gasteiger partial charge on any atom is 0.255 e. The van der Waals surface area contributed by atoms with E-state index in [-0.39, 0.29) is 11.8 Å². The van der Waals surface area contributed by atoms with E-state index in [1.807, 2.05) is 47.4 Å². The third-order valence-corrected chi connectivity index (χ3v) is 5.52. The summed E-state index contributed by atoms with van der Waals surface area (Å²) in [6, 6.07) is 20.3. The molecule has 0 aliphatic carbocycles. The summed E-state index contributed by atoms with van der Waals surface area (Å²) in [7, 11) is 0. The number of rotatable bonds is 5. The number of nitrogens with zero attached hydrogens (tertiary/aromatic N) is 3. The van der Waals surface area contributed by atoms with E-state index in [1.165, 1.54) is 0 Å². The van der Waals surface area contributed by atoms with Crippen molar-refractivity contribution in [2.24, 2.45) is 0 Å². The topological polar surface area (TPSA) is 65.5 Å². The molecule has 0 spiro atoms. The Morgan fingerprint density at radius 3 is 2.26 bits per heavy atom. The molecule has 1 saturated heterocycles. The number of carbonyl (C=O) groups is 2. The highest BCUT2D eigenvalue weighted by molar-refractivity contribution is 6.30. The van der Waals surface area contributed by atoms with Gasteiger partial charge in [-0.1, -0.05) is 41.9 Å². The van der Waals surface area contributed by atoms with Crippen molar-refractivity contribution in [3.8, 4) is 0 Å². The van der Waals surface area contributed by atoms with Crippen LogP contribution in [0.3, 0.4) is 0 Å². The lowest BCUT2D eigenvalue weighted by atomic mass is 10.1. The fraction of sp³-hybridized carbons (Fsp3) is 0.208. The number of anilines is 2. The summed E-state index contributed by atoms with van der Waals surface area (Å²) in [6.45, 7) is 2.79. The molecule has 7 heteroatoms. The molecular formula is C24H23ClN4O2. The van der Waals surface area contributed by atoms with Crippen molar-refractivity contribution < 1.29 is 9.59 Å². The molecule has 1 aliphatic rings. The zero-order chi connectivity index (χ0) is 21.6. The van der Waals surface area contributed by atoms with Crippen LogP contribution in [-0.4, -0.2) is 47.9 Å². The fourth-order valence-electron chi connectivity index (χ4n) is 3.52. The lowest BCUT2D eigenvalue weighted by Crippen LogP contribution is -2.49. The molecule has 0 bridgehead atoms. The Labute approximate surface area is 186 Å². The summed E-state index contributed by atoms with van der Waals surface area (Å²) < 4.78 is 0. The van der Waals surface area contributed by atoms with Gasteiger partial charge in [-0.2, -0.15) is 0 Å². The number of pyridine rings is 1. The molecule has 0 atom stereocenters. The first-order valence-corrected chi connectivity index (χ1v) is 10.6. The van der Waals surface area contributed by atoms with Crippen molar-refractivity contribution in [1.82, 2.24) is 9.88 Å². The number of piperazine rings is 1. The van der Waals surface area contributed by atoms with Gasteiger partial charge in [0.2, 0.25) is 5.91 Å². The molecule has 2 amide bonds. The van der Waals surface area contributed by atoms with Gasteiger partial charge in [-0.3, -0.25) is 9.59 Å². The van der Waals surface area contributed by atoms with E-state index in [2.05, 4.69) is 15.2 Å². The Morgan fingerprint density at radius 1 is 0.903 bits per heavy atom. The average molecular weight is 435 g/mol. The minimum Gasteiger partial charge on any atom is -0.353 e. The van der Waals surface area contributed by atoms with Crippen LogP contribution in [0, 0.1) is 0 Å². The molecule has 0 unspecified atom stereocenters. The molecule has 31 heavy (non-hydrogen) atoms. The van der Waals surface area contributed by atoms with E-state index in [4.69, 9.17) is 11.6 Å². The summed E-state index contributed by atoms with van der Waals surface area (Å²) in [6.07, 6.45) is 2.08. The number of halogens is 1. The molecule has 158 valence electrons. The van der Waals surface area contributed by atoms with E-state index >= 15 is 0 Å².